The minimum absolute atomic E-state index is 0.00986. The summed E-state index contributed by atoms with van der Waals surface area (Å²) in [5.74, 6) is 1.39. The van der Waals surface area contributed by atoms with Gasteiger partial charge in [-0.05, 0) is 44.7 Å². The normalized spacial score (nSPS) is 18.1. The van der Waals surface area contributed by atoms with Gasteiger partial charge in [-0.1, -0.05) is 6.07 Å². The molecule has 0 aromatic carbocycles. The van der Waals surface area contributed by atoms with Gasteiger partial charge < -0.3 is 15.2 Å². The zero-order valence-electron chi connectivity index (χ0n) is 13.5. The van der Waals surface area contributed by atoms with E-state index in [0.29, 0.717) is 11.5 Å². The Kier molecular flexibility index (Phi) is 4.60. The van der Waals surface area contributed by atoms with Gasteiger partial charge in [0.05, 0.1) is 0 Å². The van der Waals surface area contributed by atoms with E-state index < -0.39 is 0 Å². The lowest BCUT2D eigenvalue weighted by molar-refractivity contribution is 0.0589. The molecule has 0 bridgehead atoms. The molecule has 0 radical (unpaired) electrons. The van der Waals surface area contributed by atoms with Crippen molar-refractivity contribution in [1.82, 2.24) is 19.4 Å². The number of aryl methyl sites for hydroxylation is 2. The molecule has 1 unspecified atom stereocenters. The summed E-state index contributed by atoms with van der Waals surface area (Å²) in [7, 11) is 0. The predicted molar refractivity (Wildman–Crippen MR) is 88.9 cm³/mol. The van der Waals surface area contributed by atoms with Crippen molar-refractivity contribution in [1.29, 1.82) is 0 Å². The highest BCUT2D eigenvalue weighted by Crippen LogP contribution is 2.22. The van der Waals surface area contributed by atoms with Crippen molar-refractivity contribution in [3.8, 4) is 0 Å². The number of nitrogen functional groups attached to an aromatic ring is 1. The Hall–Kier alpha value is -2.37. The van der Waals surface area contributed by atoms with Crippen LogP contribution in [0.3, 0.4) is 0 Å². The molecule has 122 valence electrons. The highest BCUT2D eigenvalue weighted by atomic mass is 16.2. The van der Waals surface area contributed by atoms with Crippen LogP contribution >= 0.6 is 0 Å². The molecule has 6 heteroatoms. The van der Waals surface area contributed by atoms with Crippen molar-refractivity contribution in [2.24, 2.45) is 0 Å². The van der Waals surface area contributed by atoms with E-state index in [0.717, 1.165) is 38.2 Å². The van der Waals surface area contributed by atoms with Gasteiger partial charge in [-0.3, -0.25) is 4.79 Å². The van der Waals surface area contributed by atoms with Crippen LogP contribution in [0, 0.1) is 6.92 Å². The number of carbonyl (C=O) groups excluding carboxylic acids is 1. The number of likely N-dealkylation sites (tertiary alicyclic amines) is 1. The molecule has 1 aliphatic heterocycles. The van der Waals surface area contributed by atoms with Gasteiger partial charge in [0.1, 0.15) is 17.3 Å². The van der Waals surface area contributed by atoms with E-state index >= 15 is 0 Å². The van der Waals surface area contributed by atoms with Crippen LogP contribution in [0.5, 0.6) is 0 Å². The Balaban J connectivity index is 1.71. The largest absolute Gasteiger partial charge is 0.384 e. The smallest absolute Gasteiger partial charge is 0.272 e. The summed E-state index contributed by atoms with van der Waals surface area (Å²) in [5, 5.41) is 0. The lowest BCUT2D eigenvalue weighted by Gasteiger charge is -2.35. The maximum atomic E-state index is 12.8. The molecule has 1 amide bonds. The molecule has 1 aliphatic rings. The molecule has 3 rings (SSSR count). The molecule has 2 aromatic heterocycles. The van der Waals surface area contributed by atoms with Crippen LogP contribution in [-0.2, 0) is 6.54 Å². The summed E-state index contributed by atoms with van der Waals surface area (Å²) in [6.45, 7) is 3.67. The third-order valence-corrected chi connectivity index (χ3v) is 4.50. The summed E-state index contributed by atoms with van der Waals surface area (Å²) < 4.78 is 2.13. The second-order valence-electron chi connectivity index (χ2n) is 6.05. The number of pyridine rings is 1. The average Bonchev–Trinajstić information content (AvgIpc) is 2.97. The molecule has 1 atom stereocenters. The Morgan fingerprint density at radius 3 is 3.00 bits per heavy atom. The number of piperidine rings is 1. The number of hydrogen-bond acceptors (Lipinski definition) is 4. The number of amides is 1. The first-order chi connectivity index (χ1) is 11.1. The third kappa shape index (κ3) is 3.52. The van der Waals surface area contributed by atoms with Crippen LogP contribution < -0.4 is 5.73 Å². The molecule has 23 heavy (non-hydrogen) atoms. The number of hydrogen-bond donors (Lipinski definition) is 1. The van der Waals surface area contributed by atoms with Crippen LogP contribution in [-0.4, -0.2) is 37.9 Å². The lowest BCUT2D eigenvalue weighted by atomic mass is 9.98. The number of nitrogens with two attached hydrogens (primary N) is 1. The molecule has 0 saturated carbocycles. The standard InChI is InChI=1S/C17H23N5O/c1-13-19-9-12-21(13)11-8-14-5-2-3-10-22(14)17(23)15-6-4-7-16(18)20-15/h4,6-7,9,12,14H,2-3,5,8,10-11H2,1H3,(H2,18,20). The third-order valence-electron chi connectivity index (χ3n) is 4.50. The fourth-order valence-electron chi connectivity index (χ4n) is 3.21. The van der Waals surface area contributed by atoms with Crippen molar-refractivity contribution in [2.45, 2.75) is 45.2 Å². The van der Waals surface area contributed by atoms with Gasteiger partial charge >= 0.3 is 0 Å². The highest BCUT2D eigenvalue weighted by molar-refractivity contribution is 5.92. The summed E-state index contributed by atoms with van der Waals surface area (Å²) in [6.07, 6.45) is 8.00. The Morgan fingerprint density at radius 2 is 2.26 bits per heavy atom. The minimum Gasteiger partial charge on any atom is -0.384 e. The molecule has 6 nitrogen and oxygen atoms in total. The molecule has 1 fully saturated rings. The van der Waals surface area contributed by atoms with Gasteiger partial charge in [0, 0.05) is 31.5 Å². The van der Waals surface area contributed by atoms with Crippen LogP contribution in [0.1, 0.15) is 42.0 Å². The quantitative estimate of drug-likeness (QED) is 0.939. The van der Waals surface area contributed by atoms with Crippen molar-refractivity contribution in [3.05, 3.63) is 42.1 Å². The molecule has 3 heterocycles. The van der Waals surface area contributed by atoms with Gasteiger partial charge in [-0.15, -0.1) is 0 Å². The first-order valence-corrected chi connectivity index (χ1v) is 8.16. The molecular weight excluding hydrogens is 290 g/mol. The zero-order chi connectivity index (χ0) is 16.2. The number of imidazole rings is 1. The fraction of sp³-hybridized carbons (Fsp3) is 0.471. The number of anilines is 1. The van der Waals surface area contributed by atoms with Crippen molar-refractivity contribution >= 4 is 11.7 Å². The van der Waals surface area contributed by atoms with Crippen molar-refractivity contribution in [3.63, 3.8) is 0 Å². The van der Waals surface area contributed by atoms with E-state index in [4.69, 9.17) is 5.73 Å². The Morgan fingerprint density at radius 1 is 1.39 bits per heavy atom. The van der Waals surface area contributed by atoms with Crippen LogP contribution in [0.2, 0.25) is 0 Å². The van der Waals surface area contributed by atoms with E-state index in [1.807, 2.05) is 24.2 Å². The second-order valence-corrected chi connectivity index (χ2v) is 6.05. The van der Waals surface area contributed by atoms with Crippen LogP contribution in [0.15, 0.2) is 30.6 Å². The van der Waals surface area contributed by atoms with E-state index in [1.54, 1.807) is 18.2 Å². The SMILES string of the molecule is Cc1nccn1CCC1CCCCN1C(=O)c1cccc(N)n1. The maximum absolute atomic E-state index is 12.8. The average molecular weight is 313 g/mol. The zero-order valence-corrected chi connectivity index (χ0v) is 13.5. The van der Waals surface area contributed by atoms with Crippen LogP contribution in [0.25, 0.3) is 0 Å². The second kappa shape index (κ2) is 6.81. The Bertz CT molecular complexity index is 681. The van der Waals surface area contributed by atoms with Gasteiger partial charge in [0.25, 0.3) is 5.91 Å². The topological polar surface area (TPSA) is 77.0 Å². The molecule has 0 spiro atoms. The van der Waals surface area contributed by atoms with E-state index in [9.17, 15) is 4.79 Å². The molecule has 2 N–H and O–H groups in total. The number of carbonyl (C=O) groups is 1. The van der Waals surface area contributed by atoms with Crippen LogP contribution in [0.4, 0.5) is 5.82 Å². The van der Waals surface area contributed by atoms with Gasteiger partial charge in [-0.25, -0.2) is 9.97 Å². The maximum Gasteiger partial charge on any atom is 0.272 e. The monoisotopic (exact) mass is 313 g/mol. The van der Waals surface area contributed by atoms with E-state index in [1.165, 1.54) is 6.42 Å². The van der Waals surface area contributed by atoms with E-state index in [2.05, 4.69) is 14.5 Å². The highest BCUT2D eigenvalue weighted by Gasteiger charge is 2.28. The summed E-state index contributed by atoms with van der Waals surface area (Å²) >= 11 is 0. The van der Waals surface area contributed by atoms with Gasteiger partial charge in [-0.2, -0.15) is 0 Å². The number of aromatic nitrogens is 3. The molecule has 0 aliphatic carbocycles. The van der Waals surface area contributed by atoms with Crippen molar-refractivity contribution in [2.75, 3.05) is 12.3 Å². The first-order valence-electron chi connectivity index (χ1n) is 8.16. The molecule has 1 saturated heterocycles. The predicted octanol–water partition coefficient (Wildman–Crippen LogP) is 2.25. The summed E-state index contributed by atoms with van der Waals surface area (Å²) in [5.41, 5.74) is 6.15. The lowest BCUT2D eigenvalue weighted by Crippen LogP contribution is -2.44. The first kappa shape index (κ1) is 15.5. The minimum atomic E-state index is -0.00986. The molecular formula is C17H23N5O. The van der Waals surface area contributed by atoms with Crippen molar-refractivity contribution < 1.29 is 4.79 Å². The van der Waals surface area contributed by atoms with Gasteiger partial charge in [0.2, 0.25) is 0 Å². The number of rotatable bonds is 4. The molecule has 2 aromatic rings. The van der Waals surface area contributed by atoms with Gasteiger partial charge in [0.15, 0.2) is 0 Å². The fourth-order valence-corrected chi connectivity index (χ4v) is 3.21. The van der Waals surface area contributed by atoms with E-state index in [-0.39, 0.29) is 11.9 Å². The Labute approximate surface area is 136 Å². The summed E-state index contributed by atoms with van der Waals surface area (Å²) in [4.78, 5) is 23.2. The number of nitrogens with zero attached hydrogens (tertiary/aromatic N) is 4. The summed E-state index contributed by atoms with van der Waals surface area (Å²) in [6, 6.07) is 5.47.